The molecule has 0 atom stereocenters. The van der Waals surface area contributed by atoms with Crippen molar-refractivity contribution in [3.05, 3.63) is 54.2 Å². The molecular weight excluding hydrogens is 318 g/mol. The number of methoxy groups -OCH3 is 2. The van der Waals surface area contributed by atoms with Crippen LogP contribution < -0.4 is 14.8 Å². The maximum Gasteiger partial charge on any atom is 0.322 e. The average molecular weight is 339 g/mol. The standard InChI is InChI=1S/C19H21N3O3/c1-24-16-7-5-14(6-8-16)15-9-12-22(13-10-15)19(23)21-17-4-3-11-20-18(17)25-2/h3-9,11H,10,12-13H2,1-2H3,(H,21,23). The number of carbonyl (C=O) groups excluding carboxylic acids is 1. The fraction of sp³-hybridized carbons (Fsp3) is 0.263. The van der Waals surface area contributed by atoms with Gasteiger partial charge in [-0.25, -0.2) is 9.78 Å². The summed E-state index contributed by atoms with van der Waals surface area (Å²) in [6.07, 6.45) is 4.52. The molecule has 0 unspecified atom stereocenters. The van der Waals surface area contributed by atoms with E-state index in [1.807, 2.05) is 24.3 Å². The van der Waals surface area contributed by atoms with Crippen LogP contribution in [0.4, 0.5) is 10.5 Å². The van der Waals surface area contributed by atoms with E-state index in [1.165, 1.54) is 12.7 Å². The number of aromatic nitrogens is 1. The summed E-state index contributed by atoms with van der Waals surface area (Å²) in [6.45, 7) is 1.22. The quantitative estimate of drug-likeness (QED) is 0.927. The summed E-state index contributed by atoms with van der Waals surface area (Å²) in [5.41, 5.74) is 2.97. The molecule has 1 N–H and O–H groups in total. The summed E-state index contributed by atoms with van der Waals surface area (Å²) in [4.78, 5) is 18.3. The van der Waals surface area contributed by atoms with Gasteiger partial charge in [-0.2, -0.15) is 0 Å². The number of urea groups is 1. The van der Waals surface area contributed by atoms with Crippen molar-refractivity contribution < 1.29 is 14.3 Å². The number of ether oxygens (including phenoxy) is 2. The molecule has 2 heterocycles. The maximum absolute atomic E-state index is 12.4. The van der Waals surface area contributed by atoms with E-state index in [-0.39, 0.29) is 6.03 Å². The van der Waals surface area contributed by atoms with Gasteiger partial charge in [-0.1, -0.05) is 18.2 Å². The summed E-state index contributed by atoms with van der Waals surface area (Å²) in [5, 5.41) is 2.85. The normalized spacial score (nSPS) is 13.8. The van der Waals surface area contributed by atoms with Gasteiger partial charge in [0.05, 0.1) is 14.2 Å². The number of hydrogen-bond acceptors (Lipinski definition) is 4. The number of nitrogens with one attached hydrogen (secondary N) is 1. The fourth-order valence-electron chi connectivity index (χ4n) is 2.76. The Hall–Kier alpha value is -3.02. The van der Waals surface area contributed by atoms with Crippen molar-refractivity contribution in [3.8, 4) is 11.6 Å². The van der Waals surface area contributed by atoms with Crippen LogP contribution in [-0.2, 0) is 0 Å². The number of carbonyl (C=O) groups is 1. The molecule has 3 rings (SSSR count). The van der Waals surface area contributed by atoms with E-state index < -0.39 is 0 Å². The van der Waals surface area contributed by atoms with Crippen LogP contribution in [0.1, 0.15) is 12.0 Å². The fourth-order valence-corrected chi connectivity index (χ4v) is 2.76. The number of pyridine rings is 1. The molecule has 0 saturated heterocycles. The molecule has 2 amide bonds. The molecule has 0 saturated carbocycles. The molecule has 0 fully saturated rings. The maximum atomic E-state index is 12.4. The first-order valence-electron chi connectivity index (χ1n) is 8.09. The summed E-state index contributed by atoms with van der Waals surface area (Å²) in [5.74, 6) is 1.24. The minimum absolute atomic E-state index is 0.156. The highest BCUT2D eigenvalue weighted by Gasteiger charge is 2.19. The second-order valence-electron chi connectivity index (χ2n) is 5.64. The molecule has 1 aliphatic rings. The molecule has 0 spiro atoms. The molecule has 1 aliphatic heterocycles. The number of rotatable bonds is 4. The zero-order valence-corrected chi connectivity index (χ0v) is 14.4. The summed E-state index contributed by atoms with van der Waals surface area (Å²) >= 11 is 0. The highest BCUT2D eigenvalue weighted by atomic mass is 16.5. The van der Waals surface area contributed by atoms with Gasteiger partial charge in [-0.15, -0.1) is 0 Å². The lowest BCUT2D eigenvalue weighted by Crippen LogP contribution is -2.38. The lowest BCUT2D eigenvalue weighted by Gasteiger charge is -2.27. The number of anilines is 1. The number of hydrogen-bond donors (Lipinski definition) is 1. The first-order chi connectivity index (χ1) is 12.2. The van der Waals surface area contributed by atoms with E-state index in [9.17, 15) is 4.79 Å². The van der Waals surface area contributed by atoms with Crippen LogP contribution in [0.15, 0.2) is 48.7 Å². The van der Waals surface area contributed by atoms with E-state index in [4.69, 9.17) is 9.47 Å². The minimum atomic E-state index is -0.156. The van der Waals surface area contributed by atoms with Crippen molar-refractivity contribution in [1.29, 1.82) is 0 Å². The number of amides is 2. The summed E-state index contributed by atoms with van der Waals surface area (Å²) < 4.78 is 10.3. The Morgan fingerprint density at radius 2 is 1.96 bits per heavy atom. The van der Waals surface area contributed by atoms with Gasteiger partial charge in [-0.05, 0) is 41.8 Å². The van der Waals surface area contributed by atoms with E-state index in [2.05, 4.69) is 16.4 Å². The highest BCUT2D eigenvalue weighted by Crippen LogP contribution is 2.25. The molecule has 0 radical (unpaired) electrons. The van der Waals surface area contributed by atoms with Crippen molar-refractivity contribution in [3.63, 3.8) is 0 Å². The third kappa shape index (κ3) is 3.91. The van der Waals surface area contributed by atoms with Gasteiger partial charge < -0.3 is 19.7 Å². The Kier molecular flexibility index (Phi) is 5.18. The first kappa shape index (κ1) is 16.8. The van der Waals surface area contributed by atoms with Gasteiger partial charge >= 0.3 is 6.03 Å². The average Bonchev–Trinajstić information content (AvgIpc) is 2.68. The Morgan fingerprint density at radius 1 is 1.16 bits per heavy atom. The van der Waals surface area contributed by atoms with E-state index >= 15 is 0 Å². The molecule has 0 bridgehead atoms. The van der Waals surface area contributed by atoms with Crippen LogP contribution >= 0.6 is 0 Å². The van der Waals surface area contributed by atoms with E-state index in [1.54, 1.807) is 30.3 Å². The van der Waals surface area contributed by atoms with Crippen molar-refractivity contribution >= 4 is 17.3 Å². The van der Waals surface area contributed by atoms with Gasteiger partial charge in [0, 0.05) is 19.3 Å². The predicted molar refractivity (Wildman–Crippen MR) is 97.0 cm³/mol. The number of benzene rings is 1. The van der Waals surface area contributed by atoms with E-state index in [0.29, 0.717) is 24.7 Å². The van der Waals surface area contributed by atoms with Gasteiger partial charge in [0.15, 0.2) is 0 Å². The smallest absolute Gasteiger partial charge is 0.322 e. The molecule has 2 aromatic rings. The van der Waals surface area contributed by atoms with Crippen molar-refractivity contribution in [2.45, 2.75) is 6.42 Å². The molecule has 1 aromatic heterocycles. The second kappa shape index (κ2) is 7.70. The molecular formula is C19H21N3O3. The van der Waals surface area contributed by atoms with Gasteiger partial charge in [0.2, 0.25) is 5.88 Å². The minimum Gasteiger partial charge on any atom is -0.497 e. The Labute approximate surface area is 147 Å². The van der Waals surface area contributed by atoms with E-state index in [0.717, 1.165) is 17.7 Å². The highest BCUT2D eigenvalue weighted by molar-refractivity contribution is 5.91. The molecule has 25 heavy (non-hydrogen) atoms. The zero-order chi connectivity index (χ0) is 17.6. The second-order valence-corrected chi connectivity index (χ2v) is 5.64. The van der Waals surface area contributed by atoms with Crippen LogP contribution in [0.25, 0.3) is 5.57 Å². The van der Waals surface area contributed by atoms with Crippen LogP contribution in [0.2, 0.25) is 0 Å². The molecule has 1 aromatic carbocycles. The van der Waals surface area contributed by atoms with Gasteiger partial charge in [-0.3, -0.25) is 0 Å². The molecule has 0 aliphatic carbocycles. The van der Waals surface area contributed by atoms with Gasteiger partial charge in [0.25, 0.3) is 0 Å². The topological polar surface area (TPSA) is 63.7 Å². The SMILES string of the molecule is COc1ccc(C2=CCN(C(=O)Nc3cccnc3OC)CC2)cc1. The van der Waals surface area contributed by atoms with Crippen LogP contribution in [0.3, 0.4) is 0 Å². The van der Waals surface area contributed by atoms with Gasteiger partial charge in [0.1, 0.15) is 11.4 Å². The third-order valence-electron chi connectivity index (χ3n) is 4.16. The van der Waals surface area contributed by atoms with Crippen LogP contribution in [0, 0.1) is 0 Å². The Morgan fingerprint density at radius 3 is 2.60 bits per heavy atom. The third-order valence-corrected chi connectivity index (χ3v) is 4.16. The van der Waals surface area contributed by atoms with Crippen molar-refractivity contribution in [2.75, 3.05) is 32.6 Å². The first-order valence-corrected chi connectivity index (χ1v) is 8.09. The Balaban J connectivity index is 1.64. The van der Waals surface area contributed by atoms with Crippen molar-refractivity contribution in [2.24, 2.45) is 0 Å². The Bertz CT molecular complexity index is 772. The lowest BCUT2D eigenvalue weighted by atomic mass is 9.99. The summed E-state index contributed by atoms with van der Waals surface area (Å²) in [6, 6.07) is 11.4. The largest absolute Gasteiger partial charge is 0.497 e. The molecule has 6 nitrogen and oxygen atoms in total. The predicted octanol–water partition coefficient (Wildman–Crippen LogP) is 3.42. The molecule has 6 heteroatoms. The summed E-state index contributed by atoms with van der Waals surface area (Å²) in [7, 11) is 3.19. The molecule has 130 valence electrons. The van der Waals surface area contributed by atoms with Crippen molar-refractivity contribution in [1.82, 2.24) is 9.88 Å². The monoisotopic (exact) mass is 339 g/mol. The van der Waals surface area contributed by atoms with Crippen LogP contribution in [0.5, 0.6) is 11.6 Å². The zero-order valence-electron chi connectivity index (χ0n) is 14.4. The lowest BCUT2D eigenvalue weighted by molar-refractivity contribution is 0.217. The van der Waals surface area contributed by atoms with Crippen LogP contribution in [-0.4, -0.2) is 43.2 Å². The number of nitrogens with zero attached hydrogens (tertiary/aromatic N) is 2.